The fraction of sp³-hybridized carbons (Fsp3) is 0.167. The molecule has 0 unspecified atom stereocenters. The van der Waals surface area contributed by atoms with Crippen molar-refractivity contribution in [3.05, 3.63) is 81.9 Å². The van der Waals surface area contributed by atoms with Crippen molar-refractivity contribution >= 4 is 44.3 Å². The highest BCUT2D eigenvalue weighted by molar-refractivity contribution is 7.99. The summed E-state index contributed by atoms with van der Waals surface area (Å²) in [6, 6.07) is 15.0. The number of pyridine rings is 1. The highest BCUT2D eigenvalue weighted by Crippen LogP contribution is 2.45. The fourth-order valence-corrected chi connectivity index (χ4v) is 5.65. The molecule has 4 aromatic rings. The Morgan fingerprint density at radius 1 is 1.15 bits per heavy atom. The maximum atomic E-state index is 13.5. The van der Waals surface area contributed by atoms with Gasteiger partial charge in [-0.15, -0.1) is 11.8 Å². The van der Waals surface area contributed by atoms with Crippen molar-refractivity contribution in [3.63, 3.8) is 0 Å². The van der Waals surface area contributed by atoms with Crippen molar-refractivity contribution in [2.45, 2.75) is 18.4 Å². The zero-order valence-electron chi connectivity index (χ0n) is 18.5. The van der Waals surface area contributed by atoms with Crippen LogP contribution in [0.4, 0.5) is 5.69 Å². The molecule has 3 N–H and O–H groups in total. The number of carbonyl (C=O) groups is 1. The van der Waals surface area contributed by atoms with Gasteiger partial charge in [-0.25, -0.2) is 13.1 Å². The number of nitrogens with zero attached hydrogens (tertiary/aromatic N) is 1. The molecular weight excluding hydrogens is 472 g/mol. The second kappa shape index (κ2) is 8.37. The molecule has 0 saturated heterocycles. The van der Waals surface area contributed by atoms with Gasteiger partial charge in [0.2, 0.25) is 10.0 Å². The first-order valence-corrected chi connectivity index (χ1v) is 13.4. The quantitative estimate of drug-likeness (QED) is 0.391. The van der Waals surface area contributed by atoms with Crippen molar-refractivity contribution in [1.82, 2.24) is 14.3 Å². The number of nitrogens with one attached hydrogen (secondary N) is 3. The van der Waals surface area contributed by atoms with Crippen LogP contribution in [-0.4, -0.2) is 36.0 Å². The van der Waals surface area contributed by atoms with E-state index in [1.54, 1.807) is 28.5 Å². The Bertz CT molecular complexity index is 1620. The van der Waals surface area contributed by atoms with Crippen LogP contribution in [0.15, 0.2) is 64.4 Å². The third kappa shape index (κ3) is 3.88. The molecule has 3 heterocycles. The van der Waals surface area contributed by atoms with E-state index in [1.807, 2.05) is 43.3 Å². The van der Waals surface area contributed by atoms with Gasteiger partial charge in [-0.3, -0.25) is 9.59 Å². The molecule has 0 spiro atoms. The smallest absolute Gasteiger partial charge is 0.282 e. The zero-order chi connectivity index (χ0) is 24.0. The molecule has 2 aromatic carbocycles. The number of thioether (sulfide) groups is 1. The minimum Gasteiger partial charge on any atom is -0.374 e. The van der Waals surface area contributed by atoms with Crippen LogP contribution in [-0.2, 0) is 16.6 Å². The van der Waals surface area contributed by atoms with Gasteiger partial charge in [0.1, 0.15) is 5.69 Å². The lowest BCUT2D eigenvalue weighted by molar-refractivity contribution is 0.0974. The number of H-pyrrole nitrogens is 1. The van der Waals surface area contributed by atoms with Gasteiger partial charge in [0.25, 0.3) is 11.5 Å². The minimum absolute atomic E-state index is 0.118. The zero-order valence-corrected chi connectivity index (χ0v) is 20.1. The lowest BCUT2D eigenvalue weighted by atomic mass is 10.0. The van der Waals surface area contributed by atoms with Crippen molar-refractivity contribution in [3.8, 4) is 11.1 Å². The van der Waals surface area contributed by atoms with Crippen molar-refractivity contribution in [2.75, 3.05) is 17.4 Å². The van der Waals surface area contributed by atoms with Crippen molar-refractivity contribution in [2.24, 2.45) is 0 Å². The van der Waals surface area contributed by atoms with E-state index >= 15 is 0 Å². The van der Waals surface area contributed by atoms with Crippen LogP contribution in [0.5, 0.6) is 0 Å². The molecule has 10 heteroatoms. The van der Waals surface area contributed by atoms with E-state index in [4.69, 9.17) is 0 Å². The lowest BCUT2D eigenvalue weighted by Crippen LogP contribution is -2.32. The average molecular weight is 495 g/mol. The number of fused-ring (bicyclic) bond motifs is 3. The highest BCUT2D eigenvalue weighted by atomic mass is 32.2. The van der Waals surface area contributed by atoms with E-state index in [9.17, 15) is 18.0 Å². The molecule has 34 heavy (non-hydrogen) atoms. The molecule has 8 nitrogen and oxygen atoms in total. The SMILES string of the molecule is Cc1ccccc1Cn1c(C(=O)NS(C)(=O)=O)c(-c2ccc[nH]c2=O)c2c3c(ccc21)SCN3. The standard InChI is InChI=1S/C24H22N4O4S2/c1-14-6-3-4-7-15(14)12-28-17-9-10-18-21(26-13-33-18)20(17)19(16-8-5-11-25-23(16)29)22(28)24(30)27-34(2,31)32/h3-11,26H,12-13H2,1-2H3,(H,25,29)(H,27,30). The van der Waals surface area contributed by atoms with Gasteiger partial charge >= 0.3 is 0 Å². The topological polar surface area (TPSA) is 113 Å². The number of carbonyl (C=O) groups excluding carboxylic acids is 1. The molecular formula is C24H22N4O4S2. The van der Waals surface area contributed by atoms with Gasteiger partial charge in [-0.05, 0) is 42.3 Å². The number of amides is 1. The maximum absolute atomic E-state index is 13.5. The first-order valence-electron chi connectivity index (χ1n) is 10.5. The largest absolute Gasteiger partial charge is 0.374 e. The van der Waals surface area contributed by atoms with Gasteiger partial charge in [-0.2, -0.15) is 0 Å². The van der Waals surface area contributed by atoms with Gasteiger partial charge in [0.05, 0.1) is 28.9 Å². The molecule has 0 atom stereocenters. The molecule has 0 saturated carbocycles. The molecule has 1 aliphatic rings. The summed E-state index contributed by atoms with van der Waals surface area (Å²) in [6.45, 7) is 2.31. The lowest BCUT2D eigenvalue weighted by Gasteiger charge is -2.13. The Balaban J connectivity index is 1.91. The van der Waals surface area contributed by atoms with E-state index in [-0.39, 0.29) is 11.3 Å². The molecule has 0 aliphatic carbocycles. The molecule has 0 bridgehead atoms. The summed E-state index contributed by atoms with van der Waals surface area (Å²) in [6.07, 6.45) is 2.46. The number of aryl methyl sites for hydroxylation is 1. The summed E-state index contributed by atoms with van der Waals surface area (Å²) in [5, 5.41) is 4.08. The number of sulfonamides is 1. The average Bonchev–Trinajstić information content (AvgIpc) is 3.37. The molecule has 0 radical (unpaired) electrons. The fourth-order valence-electron chi connectivity index (χ4n) is 4.36. The van der Waals surface area contributed by atoms with Crippen LogP contribution >= 0.6 is 11.8 Å². The molecule has 0 fully saturated rings. The minimum atomic E-state index is -3.85. The second-order valence-corrected chi connectivity index (χ2v) is 10.9. The van der Waals surface area contributed by atoms with E-state index in [2.05, 4.69) is 15.0 Å². The summed E-state index contributed by atoms with van der Waals surface area (Å²) in [5.74, 6) is -0.127. The van der Waals surface area contributed by atoms with Gasteiger partial charge < -0.3 is 14.9 Å². The summed E-state index contributed by atoms with van der Waals surface area (Å²) < 4.78 is 28.0. The number of benzene rings is 2. The highest BCUT2D eigenvalue weighted by Gasteiger charge is 2.30. The molecule has 2 aromatic heterocycles. The van der Waals surface area contributed by atoms with Crippen molar-refractivity contribution in [1.29, 1.82) is 0 Å². The summed E-state index contributed by atoms with van der Waals surface area (Å²) >= 11 is 1.63. The first-order chi connectivity index (χ1) is 16.2. The molecule has 174 valence electrons. The van der Waals surface area contributed by atoms with Crippen LogP contribution < -0.4 is 15.6 Å². The molecule has 1 amide bonds. The molecule has 1 aliphatic heterocycles. The number of hydrogen-bond acceptors (Lipinski definition) is 6. The monoisotopic (exact) mass is 494 g/mol. The number of aromatic amines is 1. The summed E-state index contributed by atoms with van der Waals surface area (Å²) in [5.41, 5.74) is 4.02. The van der Waals surface area contributed by atoms with E-state index < -0.39 is 15.9 Å². The normalized spacial score (nSPS) is 13.0. The van der Waals surface area contributed by atoms with Gasteiger partial charge in [0.15, 0.2) is 0 Å². The Hall–Kier alpha value is -3.50. The van der Waals surface area contributed by atoms with Gasteiger partial charge in [-0.1, -0.05) is 24.3 Å². The first kappa shape index (κ1) is 22.3. The maximum Gasteiger partial charge on any atom is 0.282 e. The summed E-state index contributed by atoms with van der Waals surface area (Å²) in [4.78, 5) is 30.1. The Labute approximate surface area is 200 Å². The number of aromatic nitrogens is 2. The third-order valence-electron chi connectivity index (χ3n) is 5.84. The van der Waals surface area contributed by atoms with Crippen LogP contribution in [0.3, 0.4) is 0 Å². The van der Waals surface area contributed by atoms with Gasteiger partial charge in [0, 0.05) is 28.6 Å². The molecule has 5 rings (SSSR count). The van der Waals surface area contributed by atoms with E-state index in [0.717, 1.165) is 33.5 Å². The second-order valence-electron chi connectivity index (χ2n) is 8.15. The predicted molar refractivity (Wildman–Crippen MR) is 135 cm³/mol. The Kier molecular flexibility index (Phi) is 5.49. The predicted octanol–water partition coefficient (Wildman–Crippen LogP) is 3.52. The van der Waals surface area contributed by atoms with Crippen LogP contribution in [0, 0.1) is 6.92 Å². The summed E-state index contributed by atoms with van der Waals surface area (Å²) in [7, 11) is -3.85. The van der Waals surface area contributed by atoms with Crippen LogP contribution in [0.25, 0.3) is 22.0 Å². The van der Waals surface area contributed by atoms with Crippen LogP contribution in [0.2, 0.25) is 0 Å². The third-order valence-corrected chi connectivity index (χ3v) is 7.34. The van der Waals surface area contributed by atoms with E-state index in [1.165, 1.54) is 6.20 Å². The van der Waals surface area contributed by atoms with E-state index in [0.29, 0.717) is 28.9 Å². The van der Waals surface area contributed by atoms with Crippen LogP contribution in [0.1, 0.15) is 21.6 Å². The number of rotatable bonds is 5. The number of hydrogen-bond donors (Lipinski definition) is 3. The number of anilines is 1. The Morgan fingerprint density at radius 2 is 1.94 bits per heavy atom. The van der Waals surface area contributed by atoms with Crippen molar-refractivity contribution < 1.29 is 13.2 Å². The Morgan fingerprint density at radius 3 is 2.68 bits per heavy atom.